The third-order valence-electron chi connectivity index (χ3n) is 3.62. The van der Waals surface area contributed by atoms with E-state index in [-0.39, 0.29) is 0 Å². The van der Waals surface area contributed by atoms with Crippen LogP contribution in [0.5, 0.6) is 17.2 Å². The van der Waals surface area contributed by atoms with E-state index in [0.29, 0.717) is 22.7 Å². The Morgan fingerprint density at radius 1 is 1.00 bits per heavy atom. The first-order chi connectivity index (χ1) is 9.47. The third kappa shape index (κ3) is 4.19. The standard InChI is InChI=1S/C17H26O3/c1-7-17(2,3)10-8-9-13-11-14(18-4)16(20-6)15(12-13)19-5/h8-9,11-12H,7,10H2,1-6H3/b9-8+. The van der Waals surface area contributed by atoms with Gasteiger partial charge in [0.1, 0.15) is 0 Å². The molecular weight excluding hydrogens is 252 g/mol. The van der Waals surface area contributed by atoms with Crippen LogP contribution in [0.25, 0.3) is 6.08 Å². The molecule has 0 fully saturated rings. The van der Waals surface area contributed by atoms with Crippen LogP contribution in [-0.4, -0.2) is 21.3 Å². The predicted molar refractivity (Wildman–Crippen MR) is 83.8 cm³/mol. The topological polar surface area (TPSA) is 27.7 Å². The van der Waals surface area contributed by atoms with Crippen LogP contribution < -0.4 is 14.2 Å². The summed E-state index contributed by atoms with van der Waals surface area (Å²) >= 11 is 0. The predicted octanol–water partition coefficient (Wildman–Crippen LogP) is 4.55. The normalized spacial score (nSPS) is 11.7. The van der Waals surface area contributed by atoms with E-state index in [0.717, 1.165) is 18.4 Å². The fraction of sp³-hybridized carbons (Fsp3) is 0.529. The van der Waals surface area contributed by atoms with Crippen molar-refractivity contribution in [3.05, 3.63) is 23.8 Å². The SMILES string of the molecule is CCC(C)(C)C/C=C/c1cc(OC)c(OC)c(OC)c1. The zero-order valence-corrected chi connectivity index (χ0v) is 13.4. The number of allylic oxidation sites excluding steroid dienone is 1. The lowest BCUT2D eigenvalue weighted by Gasteiger charge is -2.19. The number of hydrogen-bond acceptors (Lipinski definition) is 3. The van der Waals surface area contributed by atoms with Crippen LogP contribution in [0.2, 0.25) is 0 Å². The lowest BCUT2D eigenvalue weighted by molar-refractivity contribution is 0.324. The van der Waals surface area contributed by atoms with Crippen molar-refractivity contribution in [2.45, 2.75) is 33.6 Å². The summed E-state index contributed by atoms with van der Waals surface area (Å²) in [7, 11) is 4.87. The highest BCUT2D eigenvalue weighted by Gasteiger charge is 2.14. The molecule has 0 spiro atoms. The Hall–Kier alpha value is -1.64. The van der Waals surface area contributed by atoms with Gasteiger partial charge in [0.25, 0.3) is 0 Å². The fourth-order valence-corrected chi connectivity index (χ4v) is 1.86. The minimum Gasteiger partial charge on any atom is -0.493 e. The van der Waals surface area contributed by atoms with E-state index in [4.69, 9.17) is 14.2 Å². The quantitative estimate of drug-likeness (QED) is 0.732. The summed E-state index contributed by atoms with van der Waals surface area (Å²) in [6, 6.07) is 3.91. The van der Waals surface area contributed by atoms with E-state index in [9.17, 15) is 0 Å². The molecule has 0 aliphatic carbocycles. The van der Waals surface area contributed by atoms with Gasteiger partial charge in [0, 0.05) is 0 Å². The van der Waals surface area contributed by atoms with Crippen molar-refractivity contribution in [2.24, 2.45) is 5.41 Å². The lowest BCUT2D eigenvalue weighted by Crippen LogP contribution is -2.07. The molecule has 0 aromatic heterocycles. The Kier molecular flexibility index (Phi) is 5.93. The molecule has 1 aromatic carbocycles. The molecule has 3 heteroatoms. The first-order valence-corrected chi connectivity index (χ1v) is 6.94. The molecule has 0 heterocycles. The summed E-state index contributed by atoms with van der Waals surface area (Å²) in [4.78, 5) is 0. The van der Waals surface area contributed by atoms with Crippen molar-refractivity contribution in [3.63, 3.8) is 0 Å². The molecular formula is C17H26O3. The highest BCUT2D eigenvalue weighted by molar-refractivity contribution is 5.62. The molecule has 0 saturated heterocycles. The van der Waals surface area contributed by atoms with Crippen molar-refractivity contribution in [1.29, 1.82) is 0 Å². The van der Waals surface area contributed by atoms with Gasteiger partial charge in [-0.15, -0.1) is 0 Å². The maximum absolute atomic E-state index is 5.35. The van der Waals surface area contributed by atoms with E-state index >= 15 is 0 Å². The minimum atomic E-state index is 0.330. The molecule has 112 valence electrons. The lowest BCUT2D eigenvalue weighted by atomic mass is 9.86. The zero-order valence-electron chi connectivity index (χ0n) is 13.4. The van der Waals surface area contributed by atoms with Crippen molar-refractivity contribution in [3.8, 4) is 17.2 Å². The highest BCUT2D eigenvalue weighted by Crippen LogP contribution is 2.38. The van der Waals surface area contributed by atoms with E-state index in [1.165, 1.54) is 0 Å². The molecule has 0 N–H and O–H groups in total. The summed E-state index contributed by atoms with van der Waals surface area (Å²) in [6.45, 7) is 6.76. The van der Waals surface area contributed by atoms with E-state index in [2.05, 4.69) is 32.9 Å². The average Bonchev–Trinajstić information content (AvgIpc) is 2.45. The smallest absolute Gasteiger partial charge is 0.203 e. The molecule has 0 amide bonds. The Labute approximate surface area is 122 Å². The molecule has 0 aliphatic rings. The van der Waals surface area contributed by atoms with Gasteiger partial charge in [-0.25, -0.2) is 0 Å². The molecule has 0 unspecified atom stereocenters. The average molecular weight is 278 g/mol. The number of benzene rings is 1. The summed E-state index contributed by atoms with van der Waals surface area (Å²) in [5, 5.41) is 0. The molecule has 0 atom stereocenters. The Balaban J connectivity index is 2.99. The molecule has 3 nitrogen and oxygen atoms in total. The Bertz CT molecular complexity index is 436. The van der Waals surface area contributed by atoms with Gasteiger partial charge < -0.3 is 14.2 Å². The van der Waals surface area contributed by atoms with Crippen molar-refractivity contribution >= 4 is 6.08 Å². The number of rotatable bonds is 7. The second-order valence-corrected chi connectivity index (χ2v) is 5.58. The summed E-state index contributed by atoms with van der Waals surface area (Å²) in [5.74, 6) is 1.99. The summed E-state index contributed by atoms with van der Waals surface area (Å²) < 4.78 is 16.0. The number of ether oxygens (including phenoxy) is 3. The van der Waals surface area contributed by atoms with Crippen molar-refractivity contribution in [2.75, 3.05) is 21.3 Å². The first-order valence-electron chi connectivity index (χ1n) is 6.94. The van der Waals surface area contributed by atoms with Gasteiger partial charge in [0.15, 0.2) is 11.5 Å². The highest BCUT2D eigenvalue weighted by atomic mass is 16.5. The third-order valence-corrected chi connectivity index (χ3v) is 3.62. The van der Waals surface area contributed by atoms with Crippen LogP contribution in [0.1, 0.15) is 39.2 Å². The van der Waals surface area contributed by atoms with Crippen LogP contribution in [-0.2, 0) is 0 Å². The van der Waals surface area contributed by atoms with Crippen molar-refractivity contribution in [1.82, 2.24) is 0 Å². The van der Waals surface area contributed by atoms with E-state index < -0.39 is 0 Å². The molecule has 0 radical (unpaired) electrons. The molecule has 0 aliphatic heterocycles. The number of methoxy groups -OCH3 is 3. The molecule has 0 bridgehead atoms. The maximum Gasteiger partial charge on any atom is 0.203 e. The van der Waals surface area contributed by atoms with Gasteiger partial charge in [-0.2, -0.15) is 0 Å². The monoisotopic (exact) mass is 278 g/mol. The Morgan fingerprint density at radius 2 is 1.55 bits per heavy atom. The van der Waals surface area contributed by atoms with Crippen molar-refractivity contribution < 1.29 is 14.2 Å². The van der Waals surface area contributed by atoms with E-state index in [1.807, 2.05) is 12.1 Å². The molecule has 1 aromatic rings. The summed E-state index contributed by atoms with van der Waals surface area (Å²) in [5.41, 5.74) is 1.38. The van der Waals surface area contributed by atoms with Gasteiger partial charge in [0.2, 0.25) is 5.75 Å². The largest absolute Gasteiger partial charge is 0.493 e. The van der Waals surface area contributed by atoms with Gasteiger partial charge in [0.05, 0.1) is 21.3 Å². The van der Waals surface area contributed by atoms with Gasteiger partial charge >= 0.3 is 0 Å². The van der Waals surface area contributed by atoms with Crippen LogP contribution in [0.15, 0.2) is 18.2 Å². The Morgan fingerprint density at radius 3 is 1.95 bits per heavy atom. The summed E-state index contributed by atoms with van der Waals surface area (Å²) in [6.07, 6.45) is 6.50. The maximum atomic E-state index is 5.35. The van der Waals surface area contributed by atoms with Crippen LogP contribution in [0, 0.1) is 5.41 Å². The van der Waals surface area contributed by atoms with E-state index in [1.54, 1.807) is 21.3 Å². The second-order valence-electron chi connectivity index (χ2n) is 5.58. The molecule has 20 heavy (non-hydrogen) atoms. The van der Waals surface area contributed by atoms with Gasteiger partial charge in [-0.1, -0.05) is 39.3 Å². The minimum absolute atomic E-state index is 0.330. The first kappa shape index (κ1) is 16.4. The van der Waals surface area contributed by atoms with Gasteiger partial charge in [-0.05, 0) is 29.5 Å². The molecule has 1 rings (SSSR count). The molecule has 0 saturated carbocycles. The van der Waals surface area contributed by atoms with Gasteiger partial charge in [-0.3, -0.25) is 0 Å². The van der Waals surface area contributed by atoms with Crippen LogP contribution in [0.3, 0.4) is 0 Å². The second kappa shape index (κ2) is 7.22. The zero-order chi connectivity index (χ0) is 15.2. The van der Waals surface area contributed by atoms with Crippen LogP contribution in [0.4, 0.5) is 0 Å². The van der Waals surface area contributed by atoms with Crippen LogP contribution >= 0.6 is 0 Å². The fourth-order valence-electron chi connectivity index (χ4n) is 1.86. The number of hydrogen-bond donors (Lipinski definition) is 0.